The number of carbonyl (C=O) groups excluding carboxylic acids is 3. The van der Waals surface area contributed by atoms with Gasteiger partial charge in [0.05, 0.1) is 17.5 Å². The number of halogens is 1. The number of hydrogen-bond acceptors (Lipinski definition) is 5. The van der Waals surface area contributed by atoms with Gasteiger partial charge in [-0.05, 0) is 54.1 Å². The topological polar surface area (TPSA) is 87.7 Å². The number of nitrogens with zero attached hydrogens (tertiary/aromatic N) is 1. The van der Waals surface area contributed by atoms with Crippen LogP contribution in [0.4, 0.5) is 10.1 Å². The van der Waals surface area contributed by atoms with Crippen molar-refractivity contribution in [3.8, 4) is 0 Å². The molecule has 0 spiro atoms. The molecular formula is C26H26FN3O4S. The molecule has 2 heterocycles. The molecule has 0 aliphatic carbocycles. The summed E-state index contributed by atoms with van der Waals surface area (Å²) in [5.74, 6) is -1.76. The van der Waals surface area contributed by atoms with Crippen LogP contribution in [0.2, 0.25) is 0 Å². The fraction of sp³-hybridized carbons (Fsp3) is 0.269. The highest BCUT2D eigenvalue weighted by Gasteiger charge is 2.33. The van der Waals surface area contributed by atoms with Gasteiger partial charge in [0.1, 0.15) is 11.9 Å². The molecule has 4 rings (SSSR count). The summed E-state index contributed by atoms with van der Waals surface area (Å²) in [5.41, 5.74) is 0.919. The van der Waals surface area contributed by atoms with Gasteiger partial charge in [0.2, 0.25) is 11.8 Å². The molecule has 2 aromatic carbocycles. The third-order valence-corrected chi connectivity index (χ3v) is 6.54. The molecule has 1 aliphatic rings. The van der Waals surface area contributed by atoms with Crippen LogP contribution in [0.5, 0.6) is 0 Å². The molecule has 182 valence electrons. The zero-order chi connectivity index (χ0) is 24.6. The van der Waals surface area contributed by atoms with E-state index in [-0.39, 0.29) is 18.6 Å². The zero-order valence-corrected chi connectivity index (χ0v) is 19.8. The summed E-state index contributed by atoms with van der Waals surface area (Å²) in [6.45, 7) is 0.645. The third kappa shape index (κ3) is 6.32. The highest BCUT2D eigenvalue weighted by molar-refractivity contribution is 7.12. The number of ether oxygens (including phenoxy) is 1. The summed E-state index contributed by atoms with van der Waals surface area (Å²) in [6, 6.07) is 16.6. The third-order valence-electron chi connectivity index (χ3n) is 5.67. The molecule has 1 fully saturated rings. The van der Waals surface area contributed by atoms with Crippen molar-refractivity contribution in [3.63, 3.8) is 0 Å². The van der Waals surface area contributed by atoms with Gasteiger partial charge in [-0.1, -0.05) is 36.4 Å². The lowest BCUT2D eigenvalue weighted by Crippen LogP contribution is -2.48. The van der Waals surface area contributed by atoms with Gasteiger partial charge in [0, 0.05) is 18.8 Å². The van der Waals surface area contributed by atoms with Crippen LogP contribution in [-0.4, -0.2) is 43.5 Å². The summed E-state index contributed by atoms with van der Waals surface area (Å²) >= 11 is 1.26. The number of rotatable bonds is 9. The largest absolute Gasteiger partial charge is 0.376 e. The first-order valence-electron chi connectivity index (χ1n) is 11.4. The number of carbonyl (C=O) groups is 3. The normalized spacial score (nSPS) is 15.9. The second kappa shape index (κ2) is 11.7. The molecule has 1 aromatic heterocycles. The highest BCUT2D eigenvalue weighted by Crippen LogP contribution is 2.28. The molecule has 9 heteroatoms. The van der Waals surface area contributed by atoms with Gasteiger partial charge in [-0.2, -0.15) is 0 Å². The Hall–Kier alpha value is -3.56. The highest BCUT2D eigenvalue weighted by atomic mass is 32.1. The standard InChI is InChI=1S/C26H26FN3O4S/c27-19-10-12-20(13-11-19)30(23(31)17-29-25(32)22-9-5-15-35-22)24(18-6-2-1-3-7-18)26(33)28-16-21-8-4-14-34-21/h1-3,5-7,9-13,15,21,24H,4,8,14,16-17H2,(H,28,33)(H,29,32)/t21-,24+/m0/s1. The second-order valence-electron chi connectivity index (χ2n) is 8.09. The van der Waals surface area contributed by atoms with Crippen LogP contribution in [0.1, 0.15) is 34.1 Å². The molecule has 3 aromatic rings. The van der Waals surface area contributed by atoms with Crippen LogP contribution in [0.25, 0.3) is 0 Å². The Morgan fingerprint density at radius 3 is 2.46 bits per heavy atom. The van der Waals surface area contributed by atoms with Gasteiger partial charge >= 0.3 is 0 Å². The molecule has 0 saturated carbocycles. The van der Waals surface area contributed by atoms with Crippen LogP contribution in [-0.2, 0) is 14.3 Å². The van der Waals surface area contributed by atoms with Crippen LogP contribution in [0.3, 0.4) is 0 Å². The molecule has 0 radical (unpaired) electrons. The minimum Gasteiger partial charge on any atom is -0.376 e. The summed E-state index contributed by atoms with van der Waals surface area (Å²) in [7, 11) is 0. The second-order valence-corrected chi connectivity index (χ2v) is 9.04. The average molecular weight is 496 g/mol. The first kappa shape index (κ1) is 24.6. The summed E-state index contributed by atoms with van der Waals surface area (Å²) < 4.78 is 19.3. The van der Waals surface area contributed by atoms with Crippen LogP contribution in [0.15, 0.2) is 72.1 Å². The maximum absolute atomic E-state index is 13.7. The van der Waals surface area contributed by atoms with E-state index in [9.17, 15) is 18.8 Å². The Morgan fingerprint density at radius 2 is 1.80 bits per heavy atom. The summed E-state index contributed by atoms with van der Waals surface area (Å²) in [6.07, 6.45) is 1.72. The van der Waals surface area contributed by atoms with Crippen LogP contribution < -0.4 is 15.5 Å². The van der Waals surface area contributed by atoms with E-state index in [4.69, 9.17) is 4.74 Å². The van der Waals surface area contributed by atoms with E-state index in [1.165, 1.54) is 40.5 Å². The number of thiophene rings is 1. The van der Waals surface area contributed by atoms with Crippen molar-refractivity contribution in [1.82, 2.24) is 10.6 Å². The van der Waals surface area contributed by atoms with E-state index in [1.54, 1.807) is 41.8 Å². The first-order valence-corrected chi connectivity index (χ1v) is 12.2. The maximum Gasteiger partial charge on any atom is 0.261 e. The Labute approximate surface area is 206 Å². The van der Waals surface area contributed by atoms with E-state index in [0.29, 0.717) is 29.3 Å². The van der Waals surface area contributed by atoms with E-state index in [1.807, 2.05) is 6.07 Å². The van der Waals surface area contributed by atoms with Crippen molar-refractivity contribution in [2.45, 2.75) is 25.0 Å². The first-order chi connectivity index (χ1) is 17.0. The minimum atomic E-state index is -1.03. The maximum atomic E-state index is 13.7. The van der Waals surface area contributed by atoms with E-state index in [2.05, 4.69) is 10.6 Å². The zero-order valence-electron chi connectivity index (χ0n) is 19.0. The number of nitrogens with one attached hydrogen (secondary N) is 2. The van der Waals surface area contributed by atoms with Gasteiger partial charge in [-0.25, -0.2) is 4.39 Å². The number of anilines is 1. The number of benzene rings is 2. The lowest BCUT2D eigenvalue weighted by atomic mass is 10.0. The van der Waals surface area contributed by atoms with Crippen molar-refractivity contribution in [2.24, 2.45) is 0 Å². The monoisotopic (exact) mass is 495 g/mol. The minimum absolute atomic E-state index is 0.0737. The lowest BCUT2D eigenvalue weighted by Gasteiger charge is -2.32. The van der Waals surface area contributed by atoms with Crippen molar-refractivity contribution < 1.29 is 23.5 Å². The van der Waals surface area contributed by atoms with Crippen molar-refractivity contribution in [1.29, 1.82) is 0 Å². The summed E-state index contributed by atoms with van der Waals surface area (Å²) in [5, 5.41) is 7.30. The van der Waals surface area contributed by atoms with E-state index >= 15 is 0 Å². The van der Waals surface area contributed by atoms with Gasteiger partial charge in [-0.15, -0.1) is 11.3 Å². The molecule has 0 bridgehead atoms. The molecule has 0 unspecified atom stereocenters. The van der Waals surface area contributed by atoms with Gasteiger partial charge in [0.15, 0.2) is 0 Å². The fourth-order valence-electron chi connectivity index (χ4n) is 3.94. The molecule has 35 heavy (non-hydrogen) atoms. The van der Waals surface area contributed by atoms with Crippen molar-refractivity contribution >= 4 is 34.7 Å². The average Bonchev–Trinajstić information content (AvgIpc) is 3.60. The molecule has 2 atom stereocenters. The molecule has 1 aliphatic heterocycles. The molecule has 1 saturated heterocycles. The Morgan fingerprint density at radius 1 is 1.03 bits per heavy atom. The number of hydrogen-bond donors (Lipinski definition) is 2. The predicted molar refractivity (Wildman–Crippen MR) is 132 cm³/mol. The number of amides is 3. The Kier molecular flexibility index (Phi) is 8.23. The smallest absolute Gasteiger partial charge is 0.261 e. The van der Waals surface area contributed by atoms with Gasteiger partial charge in [0.25, 0.3) is 5.91 Å². The van der Waals surface area contributed by atoms with Crippen molar-refractivity contribution in [2.75, 3.05) is 24.6 Å². The van der Waals surface area contributed by atoms with Crippen LogP contribution in [0, 0.1) is 5.82 Å². The van der Waals surface area contributed by atoms with Gasteiger partial charge < -0.3 is 15.4 Å². The van der Waals surface area contributed by atoms with E-state index in [0.717, 1.165) is 12.8 Å². The Bertz CT molecular complexity index is 1130. The predicted octanol–water partition coefficient (Wildman–Crippen LogP) is 3.69. The van der Waals surface area contributed by atoms with Crippen LogP contribution >= 0.6 is 11.3 Å². The lowest BCUT2D eigenvalue weighted by molar-refractivity contribution is -0.126. The quantitative estimate of drug-likeness (QED) is 0.474. The SMILES string of the molecule is O=C(NCC(=O)N(c1ccc(F)cc1)[C@@H](C(=O)NC[C@@H]1CCCO1)c1ccccc1)c1cccs1. The Balaban J connectivity index is 1.62. The van der Waals surface area contributed by atoms with Gasteiger partial charge in [-0.3, -0.25) is 19.3 Å². The molecule has 2 N–H and O–H groups in total. The van der Waals surface area contributed by atoms with E-state index < -0.39 is 23.7 Å². The molecular weight excluding hydrogens is 469 g/mol. The summed E-state index contributed by atoms with van der Waals surface area (Å²) in [4.78, 5) is 41.2. The molecule has 3 amide bonds. The fourth-order valence-corrected chi connectivity index (χ4v) is 4.58. The molecule has 7 nitrogen and oxygen atoms in total. The van der Waals surface area contributed by atoms with Crippen molar-refractivity contribution in [3.05, 3.63) is 88.4 Å².